The highest BCUT2D eigenvalue weighted by Gasteiger charge is 2.39. The van der Waals surface area contributed by atoms with E-state index < -0.39 is 26.5 Å². The van der Waals surface area contributed by atoms with Crippen LogP contribution in [0.2, 0.25) is 0 Å². The molecule has 0 spiro atoms. The number of amides is 1. The van der Waals surface area contributed by atoms with Crippen molar-refractivity contribution >= 4 is 21.6 Å². The van der Waals surface area contributed by atoms with Crippen LogP contribution in [0, 0.1) is 0 Å². The van der Waals surface area contributed by atoms with Gasteiger partial charge in [-0.25, -0.2) is 8.42 Å². The quantitative estimate of drug-likeness (QED) is 0.258. The predicted molar refractivity (Wildman–Crippen MR) is 59.9 cm³/mol. The summed E-state index contributed by atoms with van der Waals surface area (Å²) in [6.45, 7) is 4.05. The van der Waals surface area contributed by atoms with Gasteiger partial charge in [-0.2, -0.15) is 0 Å². The van der Waals surface area contributed by atoms with Crippen LogP contribution in [0.1, 0.15) is 20.8 Å². The Labute approximate surface area is 94.6 Å². The highest BCUT2D eigenvalue weighted by atomic mass is 32.2. The maximum absolute atomic E-state index is 11.7. The van der Waals surface area contributed by atoms with Gasteiger partial charge in [0.15, 0.2) is 15.7 Å². The zero-order valence-corrected chi connectivity index (χ0v) is 10.5. The summed E-state index contributed by atoms with van der Waals surface area (Å²) >= 11 is 0. The largest absolute Gasteiger partial charge is 0.409 e. The Kier molecular flexibility index (Phi) is 4.30. The van der Waals surface area contributed by atoms with E-state index in [0.717, 1.165) is 6.26 Å². The van der Waals surface area contributed by atoms with E-state index in [1.54, 1.807) is 0 Å². The molecule has 94 valence electrons. The highest BCUT2D eigenvalue weighted by molar-refractivity contribution is 7.92. The Morgan fingerprint density at radius 2 is 1.94 bits per heavy atom. The van der Waals surface area contributed by atoms with Crippen molar-refractivity contribution in [1.29, 1.82) is 0 Å². The van der Waals surface area contributed by atoms with Gasteiger partial charge in [0, 0.05) is 6.26 Å². The molecule has 0 heterocycles. The number of nitrogens with zero attached hydrogens (tertiary/aromatic N) is 1. The van der Waals surface area contributed by atoms with Crippen molar-refractivity contribution in [1.82, 2.24) is 5.32 Å². The molecule has 0 bridgehead atoms. The van der Waals surface area contributed by atoms with Crippen molar-refractivity contribution < 1.29 is 18.4 Å². The number of nitrogens with one attached hydrogen (secondary N) is 1. The van der Waals surface area contributed by atoms with E-state index in [-0.39, 0.29) is 5.84 Å². The van der Waals surface area contributed by atoms with Crippen LogP contribution in [0.5, 0.6) is 0 Å². The van der Waals surface area contributed by atoms with Crippen molar-refractivity contribution in [2.75, 3.05) is 6.26 Å². The van der Waals surface area contributed by atoms with Crippen LogP contribution in [0.4, 0.5) is 0 Å². The van der Waals surface area contributed by atoms with Gasteiger partial charge in [-0.3, -0.25) is 4.79 Å². The number of rotatable bonds is 4. The molecule has 0 aliphatic rings. The number of hydrogen-bond donors (Lipinski definition) is 3. The zero-order valence-electron chi connectivity index (χ0n) is 9.68. The number of carbonyl (C=O) groups excluding carboxylic acids is 1. The highest BCUT2D eigenvalue weighted by Crippen LogP contribution is 2.15. The standard InChI is InChI=1S/C8H17N3O4S/c1-5(6(9)11-13)10-7(12)8(2,3)16(4,14)15/h5,13H,1-4H3,(H2,9,11)(H,10,12). The summed E-state index contributed by atoms with van der Waals surface area (Å²) in [5, 5.41) is 13.4. The molecule has 16 heavy (non-hydrogen) atoms. The third kappa shape index (κ3) is 3.09. The summed E-state index contributed by atoms with van der Waals surface area (Å²) < 4.78 is 21.1. The molecule has 7 nitrogen and oxygen atoms in total. The second-order valence-electron chi connectivity index (χ2n) is 4.00. The number of sulfone groups is 1. The molecule has 0 aromatic rings. The fourth-order valence-electron chi connectivity index (χ4n) is 0.699. The first kappa shape index (κ1) is 14.7. The van der Waals surface area contributed by atoms with Crippen LogP contribution < -0.4 is 11.1 Å². The van der Waals surface area contributed by atoms with Crippen LogP contribution in [0.15, 0.2) is 5.16 Å². The molecule has 4 N–H and O–H groups in total. The summed E-state index contributed by atoms with van der Waals surface area (Å²) in [5.74, 6) is -0.897. The number of nitrogens with two attached hydrogens (primary N) is 1. The Morgan fingerprint density at radius 1 is 1.50 bits per heavy atom. The molecule has 0 radical (unpaired) electrons. The van der Waals surface area contributed by atoms with Gasteiger partial charge < -0.3 is 16.3 Å². The number of hydrogen-bond acceptors (Lipinski definition) is 5. The van der Waals surface area contributed by atoms with E-state index >= 15 is 0 Å². The molecule has 0 saturated heterocycles. The maximum Gasteiger partial charge on any atom is 0.241 e. The minimum atomic E-state index is -3.53. The zero-order chi connectivity index (χ0) is 13.1. The van der Waals surface area contributed by atoms with E-state index in [0.29, 0.717) is 0 Å². The molecular weight excluding hydrogens is 234 g/mol. The number of oxime groups is 1. The van der Waals surface area contributed by atoms with Crippen LogP contribution in [0.25, 0.3) is 0 Å². The molecule has 0 saturated carbocycles. The normalized spacial score (nSPS) is 15.6. The summed E-state index contributed by atoms with van der Waals surface area (Å²) in [4.78, 5) is 11.7. The minimum Gasteiger partial charge on any atom is -0.409 e. The van der Waals surface area contributed by atoms with Gasteiger partial charge >= 0.3 is 0 Å². The molecule has 1 amide bonds. The Hall–Kier alpha value is -1.31. The van der Waals surface area contributed by atoms with Gasteiger partial charge in [0.1, 0.15) is 4.75 Å². The third-order valence-electron chi connectivity index (χ3n) is 2.38. The third-order valence-corrected chi connectivity index (χ3v) is 4.42. The van der Waals surface area contributed by atoms with Crippen LogP contribution in [-0.4, -0.2) is 42.4 Å². The number of amidine groups is 1. The molecule has 0 aromatic carbocycles. The summed E-state index contributed by atoms with van der Waals surface area (Å²) in [6.07, 6.45) is 0.973. The van der Waals surface area contributed by atoms with Crippen LogP contribution >= 0.6 is 0 Å². The molecule has 0 aliphatic heterocycles. The van der Waals surface area contributed by atoms with E-state index in [1.165, 1.54) is 20.8 Å². The first-order chi connectivity index (χ1) is 7.04. The molecule has 8 heteroatoms. The van der Waals surface area contributed by atoms with Gasteiger partial charge in [-0.1, -0.05) is 5.16 Å². The van der Waals surface area contributed by atoms with E-state index in [2.05, 4.69) is 10.5 Å². The first-order valence-corrected chi connectivity index (χ1v) is 6.41. The van der Waals surface area contributed by atoms with E-state index in [4.69, 9.17) is 10.9 Å². The van der Waals surface area contributed by atoms with Crippen molar-refractivity contribution in [2.24, 2.45) is 10.9 Å². The first-order valence-electron chi connectivity index (χ1n) is 4.52. The summed E-state index contributed by atoms with van der Waals surface area (Å²) in [5.41, 5.74) is 5.25. The van der Waals surface area contributed by atoms with Gasteiger partial charge in [0.25, 0.3) is 0 Å². The average molecular weight is 251 g/mol. The molecular formula is C8H17N3O4S. The lowest BCUT2D eigenvalue weighted by atomic mass is 10.1. The lowest BCUT2D eigenvalue weighted by Crippen LogP contribution is -2.53. The van der Waals surface area contributed by atoms with Gasteiger partial charge in [0.05, 0.1) is 6.04 Å². The van der Waals surface area contributed by atoms with Gasteiger partial charge in [-0.15, -0.1) is 0 Å². The lowest BCUT2D eigenvalue weighted by molar-refractivity contribution is -0.123. The average Bonchev–Trinajstić information content (AvgIpc) is 2.14. The fraction of sp³-hybridized carbons (Fsp3) is 0.750. The summed E-state index contributed by atoms with van der Waals surface area (Å²) in [6, 6.07) is -0.737. The number of carbonyl (C=O) groups is 1. The smallest absolute Gasteiger partial charge is 0.241 e. The molecule has 0 rings (SSSR count). The van der Waals surface area contributed by atoms with Crippen LogP contribution in [-0.2, 0) is 14.6 Å². The van der Waals surface area contributed by atoms with E-state index in [9.17, 15) is 13.2 Å². The molecule has 0 aliphatic carbocycles. The lowest BCUT2D eigenvalue weighted by Gasteiger charge is -2.23. The summed E-state index contributed by atoms with van der Waals surface area (Å²) in [7, 11) is -3.53. The van der Waals surface area contributed by atoms with Crippen molar-refractivity contribution in [3.05, 3.63) is 0 Å². The van der Waals surface area contributed by atoms with Gasteiger partial charge in [0.2, 0.25) is 5.91 Å². The topological polar surface area (TPSA) is 122 Å². The molecule has 1 atom stereocenters. The Bertz CT molecular complexity index is 400. The van der Waals surface area contributed by atoms with Crippen LogP contribution in [0.3, 0.4) is 0 Å². The monoisotopic (exact) mass is 251 g/mol. The fourth-order valence-corrected chi connectivity index (χ4v) is 1.10. The molecule has 1 unspecified atom stereocenters. The van der Waals surface area contributed by atoms with Crippen molar-refractivity contribution in [3.63, 3.8) is 0 Å². The Balaban J connectivity index is 4.86. The molecule has 0 aromatic heterocycles. The second-order valence-corrected chi connectivity index (χ2v) is 6.57. The van der Waals surface area contributed by atoms with Crippen molar-refractivity contribution in [3.8, 4) is 0 Å². The second kappa shape index (κ2) is 4.69. The minimum absolute atomic E-state index is 0.197. The maximum atomic E-state index is 11.7. The SMILES string of the molecule is CC(NC(=O)C(C)(C)S(C)(=O)=O)C(N)=NO. The van der Waals surface area contributed by atoms with E-state index in [1.807, 2.05) is 0 Å². The Morgan fingerprint density at radius 3 is 2.25 bits per heavy atom. The molecule has 0 fully saturated rings. The van der Waals surface area contributed by atoms with Crippen molar-refractivity contribution in [2.45, 2.75) is 31.6 Å². The van der Waals surface area contributed by atoms with Gasteiger partial charge in [-0.05, 0) is 20.8 Å². The predicted octanol–water partition coefficient (Wildman–Crippen LogP) is -0.939.